The number of hydrogen-bond acceptors (Lipinski definition) is 4. The van der Waals surface area contributed by atoms with E-state index in [-0.39, 0.29) is 24.8 Å². The summed E-state index contributed by atoms with van der Waals surface area (Å²) < 4.78 is 0.487. The van der Waals surface area contributed by atoms with E-state index in [1.165, 1.54) is 16.7 Å². The Kier molecular flexibility index (Phi) is 5.85. The van der Waals surface area contributed by atoms with Crippen LogP contribution < -0.4 is 5.32 Å². The van der Waals surface area contributed by atoms with E-state index < -0.39 is 0 Å². The summed E-state index contributed by atoms with van der Waals surface area (Å²) in [6.07, 6.45) is 2.02. The van der Waals surface area contributed by atoms with Crippen LogP contribution in [0.2, 0.25) is 0 Å². The number of aryl methyl sites for hydroxylation is 1. The van der Waals surface area contributed by atoms with Crippen molar-refractivity contribution in [3.63, 3.8) is 0 Å². The Labute approximate surface area is 162 Å². The highest BCUT2D eigenvalue weighted by Crippen LogP contribution is 2.32. The molecule has 1 heterocycles. The van der Waals surface area contributed by atoms with E-state index in [1.54, 1.807) is 0 Å². The third kappa shape index (κ3) is 4.39. The molecule has 1 N–H and O–H groups in total. The Morgan fingerprint density at radius 2 is 1.85 bits per heavy atom. The molecule has 4 nitrogen and oxygen atoms in total. The Balaban J connectivity index is 1.61. The van der Waals surface area contributed by atoms with E-state index in [2.05, 4.69) is 5.32 Å². The van der Waals surface area contributed by atoms with Crippen LogP contribution in [0.25, 0.3) is 6.08 Å². The standard InChI is InChI=1S/C20H18N2O2S2/c1-14-7-5-6-10-16(14)21-18(23)11-12-22-19(24)17(26-20(22)25)13-15-8-3-2-4-9-15/h2-10,13H,11-12H2,1H3,(H,21,23). The summed E-state index contributed by atoms with van der Waals surface area (Å²) in [4.78, 5) is 26.8. The zero-order valence-electron chi connectivity index (χ0n) is 14.3. The molecule has 2 amide bonds. The van der Waals surface area contributed by atoms with Gasteiger partial charge in [0, 0.05) is 18.7 Å². The number of para-hydroxylation sites is 1. The van der Waals surface area contributed by atoms with Gasteiger partial charge in [0.15, 0.2) is 0 Å². The number of thiocarbonyl (C=S) groups is 1. The summed E-state index contributed by atoms with van der Waals surface area (Å²) in [5.41, 5.74) is 2.73. The van der Waals surface area contributed by atoms with Gasteiger partial charge in [-0.05, 0) is 30.2 Å². The number of nitrogens with one attached hydrogen (secondary N) is 1. The topological polar surface area (TPSA) is 49.4 Å². The molecule has 26 heavy (non-hydrogen) atoms. The molecular weight excluding hydrogens is 364 g/mol. The van der Waals surface area contributed by atoms with Crippen LogP contribution in [-0.4, -0.2) is 27.6 Å². The maximum absolute atomic E-state index is 12.6. The SMILES string of the molecule is Cc1ccccc1NC(=O)CCN1C(=O)C(=Cc2ccccc2)SC1=S. The van der Waals surface area contributed by atoms with Gasteiger partial charge in [0.25, 0.3) is 5.91 Å². The number of hydrogen-bond donors (Lipinski definition) is 1. The van der Waals surface area contributed by atoms with E-state index in [9.17, 15) is 9.59 Å². The molecule has 6 heteroatoms. The molecule has 3 rings (SSSR count). The Bertz CT molecular complexity index is 878. The second-order valence-electron chi connectivity index (χ2n) is 5.86. The highest BCUT2D eigenvalue weighted by atomic mass is 32.2. The quantitative estimate of drug-likeness (QED) is 0.621. The molecule has 1 aliphatic rings. The number of thioether (sulfide) groups is 1. The van der Waals surface area contributed by atoms with Crippen LogP contribution in [0.1, 0.15) is 17.5 Å². The van der Waals surface area contributed by atoms with Crippen LogP contribution >= 0.6 is 24.0 Å². The van der Waals surface area contributed by atoms with Crippen LogP contribution in [0.3, 0.4) is 0 Å². The van der Waals surface area contributed by atoms with Crippen molar-refractivity contribution >= 4 is 51.9 Å². The fourth-order valence-electron chi connectivity index (χ4n) is 2.53. The zero-order chi connectivity index (χ0) is 18.5. The third-order valence-corrected chi connectivity index (χ3v) is 5.33. The number of anilines is 1. The molecule has 1 saturated heterocycles. The Hall–Kier alpha value is -2.44. The minimum absolute atomic E-state index is 0.139. The minimum Gasteiger partial charge on any atom is -0.326 e. The smallest absolute Gasteiger partial charge is 0.266 e. The fraction of sp³-hybridized carbons (Fsp3) is 0.150. The zero-order valence-corrected chi connectivity index (χ0v) is 15.9. The van der Waals surface area contributed by atoms with E-state index in [0.29, 0.717) is 9.23 Å². The molecular formula is C20H18N2O2S2. The van der Waals surface area contributed by atoms with Crippen molar-refractivity contribution in [3.05, 3.63) is 70.6 Å². The molecule has 2 aromatic rings. The number of carbonyl (C=O) groups excluding carboxylic acids is 2. The first-order chi connectivity index (χ1) is 12.5. The first kappa shape index (κ1) is 18.4. The number of benzene rings is 2. The maximum Gasteiger partial charge on any atom is 0.266 e. The van der Waals surface area contributed by atoms with E-state index in [0.717, 1.165) is 16.8 Å². The van der Waals surface area contributed by atoms with Crippen LogP contribution in [0, 0.1) is 6.92 Å². The van der Waals surface area contributed by atoms with Crippen LogP contribution in [0.15, 0.2) is 59.5 Å². The number of nitrogens with zero attached hydrogens (tertiary/aromatic N) is 1. The molecule has 132 valence electrons. The van der Waals surface area contributed by atoms with Gasteiger partial charge >= 0.3 is 0 Å². The van der Waals surface area contributed by atoms with Crippen molar-refractivity contribution in [1.82, 2.24) is 4.90 Å². The lowest BCUT2D eigenvalue weighted by molar-refractivity contribution is -0.122. The highest BCUT2D eigenvalue weighted by Gasteiger charge is 2.32. The van der Waals surface area contributed by atoms with E-state index >= 15 is 0 Å². The summed E-state index contributed by atoms with van der Waals surface area (Å²) in [7, 11) is 0. The van der Waals surface area contributed by atoms with Crippen molar-refractivity contribution in [2.75, 3.05) is 11.9 Å². The van der Waals surface area contributed by atoms with Crippen LogP contribution in [0.4, 0.5) is 5.69 Å². The largest absolute Gasteiger partial charge is 0.326 e. The van der Waals surface area contributed by atoms with Crippen molar-refractivity contribution in [2.24, 2.45) is 0 Å². The summed E-state index contributed by atoms with van der Waals surface area (Å²) in [6, 6.07) is 17.2. The van der Waals surface area contributed by atoms with Crippen LogP contribution in [0.5, 0.6) is 0 Å². The van der Waals surface area contributed by atoms with Crippen molar-refractivity contribution in [2.45, 2.75) is 13.3 Å². The van der Waals surface area contributed by atoms with Gasteiger partial charge in [0.1, 0.15) is 4.32 Å². The molecule has 1 fully saturated rings. The molecule has 0 radical (unpaired) electrons. The van der Waals surface area contributed by atoms with Gasteiger partial charge < -0.3 is 5.32 Å². The van der Waals surface area contributed by atoms with Gasteiger partial charge in [-0.2, -0.15) is 0 Å². The molecule has 0 aliphatic carbocycles. The first-order valence-corrected chi connectivity index (χ1v) is 9.43. The Morgan fingerprint density at radius 1 is 1.15 bits per heavy atom. The summed E-state index contributed by atoms with van der Waals surface area (Å²) in [5, 5.41) is 2.87. The van der Waals surface area contributed by atoms with Crippen LogP contribution in [-0.2, 0) is 9.59 Å². The fourth-order valence-corrected chi connectivity index (χ4v) is 3.84. The molecule has 0 unspecified atom stereocenters. The van der Waals surface area contributed by atoms with Gasteiger partial charge in [0.2, 0.25) is 5.91 Å². The summed E-state index contributed by atoms with van der Waals surface area (Å²) in [5.74, 6) is -0.284. The molecule has 0 spiro atoms. The van der Waals surface area contributed by atoms with Crippen molar-refractivity contribution < 1.29 is 9.59 Å². The average molecular weight is 383 g/mol. The highest BCUT2D eigenvalue weighted by molar-refractivity contribution is 8.26. The molecule has 2 aromatic carbocycles. The Morgan fingerprint density at radius 3 is 2.58 bits per heavy atom. The van der Waals surface area contributed by atoms with Gasteiger partial charge in [-0.3, -0.25) is 14.5 Å². The minimum atomic E-state index is -0.146. The number of rotatable bonds is 5. The van der Waals surface area contributed by atoms with E-state index in [1.807, 2.05) is 67.6 Å². The summed E-state index contributed by atoms with van der Waals surface area (Å²) in [6.45, 7) is 2.21. The molecule has 0 bridgehead atoms. The average Bonchev–Trinajstić information content (AvgIpc) is 2.89. The molecule has 0 aromatic heterocycles. The van der Waals surface area contributed by atoms with Gasteiger partial charge in [-0.15, -0.1) is 0 Å². The molecule has 0 atom stereocenters. The molecule has 1 aliphatic heterocycles. The predicted octanol–water partition coefficient (Wildman–Crippen LogP) is 4.23. The normalized spacial score (nSPS) is 15.6. The number of amides is 2. The number of carbonyl (C=O) groups is 2. The lowest BCUT2D eigenvalue weighted by Gasteiger charge is -2.14. The first-order valence-electron chi connectivity index (χ1n) is 8.20. The van der Waals surface area contributed by atoms with Gasteiger partial charge in [0.05, 0.1) is 4.91 Å². The lowest BCUT2D eigenvalue weighted by atomic mass is 10.2. The molecule has 0 saturated carbocycles. The predicted molar refractivity (Wildman–Crippen MR) is 111 cm³/mol. The van der Waals surface area contributed by atoms with E-state index in [4.69, 9.17) is 12.2 Å². The van der Waals surface area contributed by atoms with Gasteiger partial charge in [-0.1, -0.05) is 72.5 Å². The second kappa shape index (κ2) is 8.29. The third-order valence-electron chi connectivity index (χ3n) is 3.95. The van der Waals surface area contributed by atoms with Crippen molar-refractivity contribution in [3.8, 4) is 0 Å². The monoisotopic (exact) mass is 382 g/mol. The second-order valence-corrected chi connectivity index (χ2v) is 7.53. The van der Waals surface area contributed by atoms with Crippen molar-refractivity contribution in [1.29, 1.82) is 0 Å². The lowest BCUT2D eigenvalue weighted by Crippen LogP contribution is -2.31. The van der Waals surface area contributed by atoms with Gasteiger partial charge in [-0.25, -0.2) is 0 Å². The summed E-state index contributed by atoms with van der Waals surface area (Å²) >= 11 is 6.58. The maximum atomic E-state index is 12.6.